The van der Waals surface area contributed by atoms with Crippen LogP contribution in [0.25, 0.3) is 0 Å². The van der Waals surface area contributed by atoms with Crippen molar-refractivity contribution in [1.82, 2.24) is 0 Å². The first-order chi connectivity index (χ1) is 4.46. The molecule has 0 aromatic carbocycles. The second-order valence-electron chi connectivity index (χ2n) is 1.14. The van der Waals surface area contributed by atoms with Crippen LogP contribution in [0.1, 0.15) is 0 Å². The van der Waals surface area contributed by atoms with E-state index in [1.165, 1.54) is 0 Å². The number of rotatable bonds is 2. The van der Waals surface area contributed by atoms with Crippen molar-refractivity contribution in [3.63, 3.8) is 0 Å². The van der Waals surface area contributed by atoms with Gasteiger partial charge in [0, 0.05) is 0 Å². The summed E-state index contributed by atoms with van der Waals surface area (Å²) in [7, 11) is 0. The minimum Gasteiger partial charge on any atom is -0.375 e. The molecular formula is C3H6N2O3. The van der Waals surface area contributed by atoms with Crippen LogP contribution < -0.4 is 11.5 Å². The highest BCUT2D eigenvalue weighted by Crippen LogP contribution is 1.74. The van der Waals surface area contributed by atoms with Crippen LogP contribution in [-0.2, 0) is 9.59 Å². The zero-order valence-electron chi connectivity index (χ0n) is 5.87. The van der Waals surface area contributed by atoms with E-state index in [1.807, 2.05) is 0 Å². The third kappa shape index (κ3) is 1.57. The summed E-state index contributed by atoms with van der Waals surface area (Å²) in [6, 6.07) is 0. The largest absolute Gasteiger partial charge is 0.375 e. The molecule has 8 heavy (non-hydrogen) atoms. The Morgan fingerprint density at radius 2 is 2.12 bits per heavy atom. The number of aliphatic hydroxyl groups excluding tert-OH is 1. The van der Waals surface area contributed by atoms with Gasteiger partial charge in [-0.2, -0.15) is 0 Å². The molecule has 0 aliphatic rings. The fourth-order valence-electron chi connectivity index (χ4n) is 0.122. The molecule has 46 valence electrons. The second-order valence-corrected chi connectivity index (χ2v) is 1.14. The second kappa shape index (κ2) is 2.27. The van der Waals surface area contributed by atoms with E-state index < -0.39 is 23.6 Å². The number of carbonyl (C=O) groups is 2. The van der Waals surface area contributed by atoms with E-state index in [2.05, 4.69) is 5.73 Å². The molecule has 2 amide bonds. The van der Waals surface area contributed by atoms with E-state index in [0.29, 0.717) is 0 Å². The predicted octanol–water partition coefficient (Wildman–Crippen LogP) is -2.68. The number of hydrogen-bond acceptors (Lipinski definition) is 3. The first-order valence-corrected chi connectivity index (χ1v) is 1.76. The Morgan fingerprint density at radius 3 is 2.25 bits per heavy atom. The summed E-state index contributed by atoms with van der Waals surface area (Å²) >= 11 is 0. The highest BCUT2D eigenvalue weighted by molar-refractivity contribution is 6.01. The molecule has 0 aliphatic carbocycles. The van der Waals surface area contributed by atoms with Crippen molar-refractivity contribution in [2.75, 3.05) is 0 Å². The molecule has 0 aromatic rings. The Morgan fingerprint density at radius 1 is 1.62 bits per heavy atom. The molecule has 5 heteroatoms. The first-order valence-electron chi connectivity index (χ1n) is 2.65. The van der Waals surface area contributed by atoms with Gasteiger partial charge in [-0.3, -0.25) is 9.59 Å². The number of amides is 2. The third-order valence-electron chi connectivity index (χ3n) is 0.503. The molecule has 0 radical (unpaired) electrons. The van der Waals surface area contributed by atoms with Gasteiger partial charge < -0.3 is 16.6 Å². The van der Waals surface area contributed by atoms with Crippen molar-refractivity contribution in [3.05, 3.63) is 0 Å². The number of carbonyl (C=O) groups excluding carboxylic acids is 2. The molecule has 0 rings (SSSR count). The maximum absolute atomic E-state index is 10.3. The molecule has 0 heterocycles. The monoisotopic (exact) mass is 120 g/mol. The van der Waals surface area contributed by atoms with Crippen LogP contribution in [0.15, 0.2) is 0 Å². The van der Waals surface area contributed by atoms with Crippen molar-refractivity contribution in [2.24, 2.45) is 11.5 Å². The van der Waals surface area contributed by atoms with Gasteiger partial charge in [-0.1, -0.05) is 0 Å². The van der Waals surface area contributed by atoms with Crippen LogP contribution in [-0.4, -0.2) is 23.0 Å². The third-order valence-corrected chi connectivity index (χ3v) is 0.503. The van der Waals surface area contributed by atoms with E-state index in [1.54, 1.807) is 0 Å². The van der Waals surface area contributed by atoms with Gasteiger partial charge in [0.15, 0.2) is 2.82 Å². The number of aliphatic hydroxyl groups is 1. The zero-order chi connectivity index (χ0) is 8.31. The van der Waals surface area contributed by atoms with Gasteiger partial charge in [-0.05, 0) is 0 Å². The molecule has 0 bridgehead atoms. The fraction of sp³-hybridized carbons (Fsp3) is 0.333. The van der Waals surface area contributed by atoms with Gasteiger partial charge in [-0.25, -0.2) is 0 Å². The van der Waals surface area contributed by atoms with Gasteiger partial charge in [0.05, 0.1) is 0 Å². The molecule has 0 aliphatic heterocycles. The Bertz CT molecular complexity index is 160. The number of nitrogens with two attached hydrogens (primary N) is 2. The van der Waals surface area contributed by atoms with Gasteiger partial charge in [0.25, 0.3) is 11.8 Å². The quantitative estimate of drug-likeness (QED) is 0.345. The van der Waals surface area contributed by atoms with Crippen molar-refractivity contribution in [3.8, 4) is 0 Å². The molecule has 5 nitrogen and oxygen atoms in total. The van der Waals surface area contributed by atoms with Gasteiger partial charge in [-0.15, -0.1) is 0 Å². The predicted molar refractivity (Wildman–Crippen MR) is 24.4 cm³/mol. The molecule has 0 saturated carbocycles. The van der Waals surface area contributed by atoms with E-state index in [9.17, 15) is 9.59 Å². The summed E-state index contributed by atoms with van der Waals surface area (Å²) in [5, 5.41) is 8.46. The van der Waals surface area contributed by atoms with Crippen LogP contribution in [0.4, 0.5) is 0 Å². The highest BCUT2D eigenvalue weighted by Gasteiger charge is 2.16. The molecule has 1 unspecified atom stereocenters. The fourth-order valence-corrected chi connectivity index (χ4v) is 0.122. The summed E-state index contributed by atoms with van der Waals surface area (Å²) in [4.78, 5) is 20.3. The normalized spacial score (nSPS) is 15.6. The summed E-state index contributed by atoms with van der Waals surface area (Å²) in [5.41, 5.74) is 4.06. The zero-order valence-corrected chi connectivity index (χ0v) is 3.87. The lowest BCUT2D eigenvalue weighted by Gasteiger charge is -1.96. The highest BCUT2D eigenvalue weighted by atomic mass is 16.3. The minimum atomic E-state index is -2.09. The number of hydrogen-bond donors (Lipinski definition) is 3. The molecule has 0 fully saturated rings. The lowest BCUT2D eigenvalue weighted by atomic mass is 10.3. The van der Waals surface area contributed by atoms with Crippen LogP contribution in [0.5, 0.6) is 0 Å². The van der Waals surface area contributed by atoms with Crippen molar-refractivity contribution in [2.45, 2.75) is 6.10 Å². The first kappa shape index (κ1) is 3.85. The molecular weight excluding hydrogens is 112 g/mol. The molecule has 5 N–H and O–H groups in total. The standard InChI is InChI=1S/C3H6N2O3/c4-2(7)1(6)3(5)8/h1,6H,(H2,4,7)(H2,5,8)/i/hD2. The topological polar surface area (TPSA) is 106 Å². The smallest absolute Gasteiger partial charge is 0.256 e. The Balaban J connectivity index is 4.08. The molecule has 0 spiro atoms. The van der Waals surface area contributed by atoms with Crippen molar-refractivity contribution >= 4 is 11.8 Å². The van der Waals surface area contributed by atoms with Crippen LogP contribution >= 0.6 is 0 Å². The van der Waals surface area contributed by atoms with Crippen LogP contribution in [0.2, 0.25) is 2.82 Å². The lowest BCUT2D eigenvalue weighted by Crippen LogP contribution is -2.39. The van der Waals surface area contributed by atoms with Gasteiger partial charge in [0.1, 0.15) is 0 Å². The van der Waals surface area contributed by atoms with E-state index in [0.717, 1.165) is 0 Å². The van der Waals surface area contributed by atoms with Gasteiger partial charge >= 0.3 is 0 Å². The number of primary amides is 2. The SMILES string of the molecule is [2H]N([2H])C(=O)C(O)C(N)=O. The van der Waals surface area contributed by atoms with Crippen molar-refractivity contribution < 1.29 is 17.5 Å². The lowest BCUT2D eigenvalue weighted by molar-refractivity contribution is -0.137. The molecule has 0 aromatic heterocycles. The van der Waals surface area contributed by atoms with E-state index >= 15 is 0 Å². The Hall–Kier alpha value is -1.10. The molecule has 1 atom stereocenters. The van der Waals surface area contributed by atoms with Crippen LogP contribution in [0.3, 0.4) is 0 Å². The van der Waals surface area contributed by atoms with Crippen LogP contribution in [0, 0.1) is 0 Å². The maximum atomic E-state index is 10.3. The summed E-state index contributed by atoms with van der Waals surface area (Å²) in [6.45, 7) is 0. The van der Waals surface area contributed by atoms with Gasteiger partial charge in [0.2, 0.25) is 6.10 Å². The van der Waals surface area contributed by atoms with E-state index in [4.69, 9.17) is 7.93 Å². The van der Waals surface area contributed by atoms with E-state index in [-0.39, 0.29) is 0 Å². The average molecular weight is 120 g/mol. The Kier molecular flexibility index (Phi) is 1.09. The molecule has 0 saturated heterocycles. The maximum Gasteiger partial charge on any atom is 0.256 e. The van der Waals surface area contributed by atoms with Crippen molar-refractivity contribution in [1.29, 1.82) is 0 Å². The summed E-state index contributed by atoms with van der Waals surface area (Å²) < 4.78 is 12.6. The average Bonchev–Trinajstić information content (AvgIpc) is 1.84. The Labute approximate surface area is 48.2 Å². The summed E-state index contributed by atoms with van der Waals surface area (Å²) in [5.74, 6) is -2.64. The minimum absolute atomic E-state index is 0.407. The summed E-state index contributed by atoms with van der Waals surface area (Å²) in [6.07, 6.45) is -2.09.